The topological polar surface area (TPSA) is 213 Å². The molecule has 5 rings (SSSR count). The summed E-state index contributed by atoms with van der Waals surface area (Å²) in [4.78, 5) is 58.2. The molecule has 18 nitrogen and oxygen atoms in total. The fraction of sp³-hybridized carbons (Fsp3) is 0.849. The molecular formula is C53H89N3O15. The van der Waals surface area contributed by atoms with Gasteiger partial charge in [0.2, 0.25) is 0 Å². The number of aldehydes is 1. The van der Waals surface area contributed by atoms with E-state index in [0.717, 1.165) is 38.5 Å². The van der Waals surface area contributed by atoms with Gasteiger partial charge in [0.05, 0.1) is 43.5 Å². The maximum atomic E-state index is 13.9. The van der Waals surface area contributed by atoms with Crippen molar-refractivity contribution in [3.63, 3.8) is 0 Å². The van der Waals surface area contributed by atoms with Crippen LogP contribution in [0.25, 0.3) is 0 Å². The molecule has 4 heterocycles. The largest absolute Gasteiger partial charge is 0.466 e. The standard InChI is InChI=1S/C53H89N3O15/c1-12-42(59)68-41-28-44(61)65-26-23-35(17-16-18-36-21-24-56(10)39-20-15-14-19-38(36)39)30-55(9)31-40(58)32(3)27-37(22-25-57)49(50(41)64-11)71-52-47(62)46(54(7)8)48(33(4)67-52)70-45-29-53(6,63)51(34(5)66-45)69-43(60)13-2/h14-15,19-20,25,32-41,45-52,58,62-63H,12-13,16-18,21-24,26-31H2,1-11H3/t32-,33?,34?,35?,36?,37+,38?,39?,40+,41-,45+,46?,47?,48+,49+,50+,51+,52+,53?/m1/s1. The zero-order chi connectivity index (χ0) is 52.2. The molecule has 18 heteroatoms. The molecule has 5 aliphatic rings. The highest BCUT2D eigenvalue weighted by Gasteiger charge is 2.53. The van der Waals surface area contributed by atoms with Crippen LogP contribution in [-0.4, -0.2) is 201 Å². The fourth-order valence-corrected chi connectivity index (χ4v) is 11.7. The number of aliphatic hydroxyl groups is 3. The Balaban J connectivity index is 1.37. The third-order valence-electron chi connectivity index (χ3n) is 15.7. The Bertz CT molecular complexity index is 1750. The summed E-state index contributed by atoms with van der Waals surface area (Å²) in [6.45, 7) is 12.5. The minimum Gasteiger partial charge on any atom is -0.466 e. The Morgan fingerprint density at radius 1 is 0.915 bits per heavy atom. The molecule has 0 aromatic rings. The summed E-state index contributed by atoms with van der Waals surface area (Å²) < 4.78 is 49.5. The number of likely N-dealkylation sites (N-methyl/N-ethyl adjacent to an activating group) is 3. The van der Waals surface area contributed by atoms with Gasteiger partial charge < -0.3 is 67.8 Å². The molecule has 0 aromatic heterocycles. The molecule has 0 saturated carbocycles. The van der Waals surface area contributed by atoms with Crippen molar-refractivity contribution in [2.75, 3.05) is 61.5 Å². The van der Waals surface area contributed by atoms with Gasteiger partial charge in [0.15, 0.2) is 18.7 Å². The summed E-state index contributed by atoms with van der Waals surface area (Å²) in [5.41, 5.74) is -1.49. The molecule has 0 aromatic carbocycles. The number of fused-ring (bicyclic) bond motifs is 1. The quantitative estimate of drug-likeness (QED) is 0.113. The van der Waals surface area contributed by atoms with Crippen molar-refractivity contribution < 1.29 is 72.4 Å². The lowest BCUT2D eigenvalue weighted by Crippen LogP contribution is -2.66. The van der Waals surface area contributed by atoms with Crippen LogP contribution in [0.1, 0.15) is 112 Å². The highest BCUT2D eigenvalue weighted by Crippen LogP contribution is 2.39. The van der Waals surface area contributed by atoms with E-state index in [1.54, 1.807) is 53.6 Å². The summed E-state index contributed by atoms with van der Waals surface area (Å²) in [6, 6.07) is -0.359. The van der Waals surface area contributed by atoms with Crippen molar-refractivity contribution in [3.05, 3.63) is 24.3 Å². The molecule has 3 N–H and O–H groups in total. The third kappa shape index (κ3) is 16.1. The molecule has 0 radical (unpaired) electrons. The van der Waals surface area contributed by atoms with E-state index >= 15 is 0 Å². The molecule has 406 valence electrons. The second-order valence-electron chi connectivity index (χ2n) is 21.6. The Labute approximate surface area is 423 Å². The van der Waals surface area contributed by atoms with Crippen molar-refractivity contribution in [1.82, 2.24) is 14.7 Å². The summed E-state index contributed by atoms with van der Waals surface area (Å²) in [5, 5.41) is 35.5. The number of hydrogen-bond donors (Lipinski definition) is 3. The lowest BCUT2D eigenvalue weighted by atomic mass is 9.75. The van der Waals surface area contributed by atoms with Gasteiger partial charge in [-0.2, -0.15) is 0 Å². The number of aliphatic hydroxyl groups excluding tert-OH is 2. The monoisotopic (exact) mass is 1010 g/mol. The molecule has 4 aliphatic heterocycles. The van der Waals surface area contributed by atoms with Gasteiger partial charge in [0.25, 0.3) is 0 Å². The van der Waals surface area contributed by atoms with Gasteiger partial charge in [0.1, 0.15) is 36.3 Å². The minimum absolute atomic E-state index is 0.00692. The number of esters is 3. The Kier molecular flexibility index (Phi) is 22.9. The van der Waals surface area contributed by atoms with E-state index in [2.05, 4.69) is 41.2 Å². The van der Waals surface area contributed by atoms with Gasteiger partial charge in [-0.1, -0.05) is 51.5 Å². The van der Waals surface area contributed by atoms with Crippen LogP contribution in [-0.2, 0) is 57.1 Å². The highest BCUT2D eigenvalue weighted by atomic mass is 16.7. The number of carbonyl (C=O) groups is 4. The second-order valence-corrected chi connectivity index (χ2v) is 21.6. The molecule has 0 amide bonds. The van der Waals surface area contributed by atoms with E-state index in [0.29, 0.717) is 37.4 Å². The van der Waals surface area contributed by atoms with Crippen LogP contribution in [0, 0.1) is 29.6 Å². The van der Waals surface area contributed by atoms with Gasteiger partial charge in [-0.3, -0.25) is 19.3 Å². The van der Waals surface area contributed by atoms with Crippen LogP contribution in [0.4, 0.5) is 0 Å². The molecule has 1 aliphatic carbocycles. The van der Waals surface area contributed by atoms with E-state index in [9.17, 15) is 34.5 Å². The summed E-state index contributed by atoms with van der Waals surface area (Å²) >= 11 is 0. The number of methoxy groups -OCH3 is 1. The van der Waals surface area contributed by atoms with Gasteiger partial charge in [-0.25, -0.2) is 0 Å². The molecule has 4 fully saturated rings. The number of piperidine rings is 1. The SMILES string of the molecule is CCC(=O)O[C@@H]1CC(=O)OCCC(CCCC2CCN(C)C3C=CC=CC23)CN(C)C[C@H](O)[C@H](C)C[C@H](CC=O)[C@H](O[C@@H]2OC(C)[C@H](O[C@H]3CC(C)(O)[C@@H](OC(=O)CC)C(C)O3)C(N(C)C)C2O)[C@H]1OC. The normalized spacial score (nSPS) is 40.4. The van der Waals surface area contributed by atoms with Crippen molar-refractivity contribution in [2.45, 2.75) is 197 Å². The number of allylic oxidation sites excluding steroid dienone is 2. The van der Waals surface area contributed by atoms with Crippen molar-refractivity contribution in [1.29, 1.82) is 0 Å². The molecule has 19 atom stereocenters. The van der Waals surface area contributed by atoms with E-state index < -0.39 is 103 Å². The smallest absolute Gasteiger partial charge is 0.309 e. The van der Waals surface area contributed by atoms with E-state index in [1.165, 1.54) is 7.11 Å². The van der Waals surface area contributed by atoms with Gasteiger partial charge >= 0.3 is 17.9 Å². The molecule has 0 spiro atoms. The predicted octanol–water partition coefficient (Wildman–Crippen LogP) is 4.05. The Hall–Kier alpha value is -2.88. The second kappa shape index (κ2) is 27.6. The Morgan fingerprint density at radius 3 is 2.28 bits per heavy atom. The molecule has 71 heavy (non-hydrogen) atoms. The molecule has 4 saturated heterocycles. The maximum absolute atomic E-state index is 13.9. The number of ether oxygens (including phenoxy) is 8. The number of carbonyl (C=O) groups excluding carboxylic acids is 4. The first-order valence-electron chi connectivity index (χ1n) is 26.3. The number of nitrogens with zero attached hydrogens (tertiary/aromatic N) is 3. The first-order valence-corrected chi connectivity index (χ1v) is 26.3. The van der Waals surface area contributed by atoms with Crippen LogP contribution in [0.5, 0.6) is 0 Å². The molecular weight excluding hydrogens is 919 g/mol. The maximum Gasteiger partial charge on any atom is 0.309 e. The van der Waals surface area contributed by atoms with Crippen LogP contribution in [0.3, 0.4) is 0 Å². The lowest BCUT2D eigenvalue weighted by Gasteiger charge is -2.50. The fourth-order valence-electron chi connectivity index (χ4n) is 11.7. The average molecular weight is 1010 g/mol. The summed E-state index contributed by atoms with van der Waals surface area (Å²) in [6.07, 6.45) is 3.18. The minimum atomic E-state index is -1.49. The number of likely N-dealkylation sites (tertiary alicyclic amines) is 1. The van der Waals surface area contributed by atoms with Crippen LogP contribution in [0.15, 0.2) is 24.3 Å². The van der Waals surface area contributed by atoms with Crippen LogP contribution in [0.2, 0.25) is 0 Å². The zero-order valence-corrected chi connectivity index (χ0v) is 44.5. The highest BCUT2D eigenvalue weighted by molar-refractivity contribution is 5.72. The Morgan fingerprint density at radius 2 is 1.62 bits per heavy atom. The number of β-amino-alcohol motifs (C(OH)–C–C–N with tert-alkyl or cyclic N) is 1. The van der Waals surface area contributed by atoms with E-state index in [-0.39, 0.29) is 57.0 Å². The van der Waals surface area contributed by atoms with E-state index in [4.69, 9.17) is 37.9 Å². The summed E-state index contributed by atoms with van der Waals surface area (Å²) in [5.74, 6) is -1.44. The van der Waals surface area contributed by atoms with Gasteiger partial charge in [-0.05, 0) is 117 Å². The lowest BCUT2D eigenvalue weighted by molar-refractivity contribution is -0.344. The molecule has 0 bridgehead atoms. The van der Waals surface area contributed by atoms with Crippen molar-refractivity contribution >= 4 is 24.2 Å². The number of rotatable bonds is 16. The summed E-state index contributed by atoms with van der Waals surface area (Å²) in [7, 11) is 9.13. The van der Waals surface area contributed by atoms with Gasteiger partial charge in [0, 0.05) is 51.9 Å². The number of cyclic esters (lactones) is 1. The first-order chi connectivity index (χ1) is 33.7. The number of hydrogen-bond acceptors (Lipinski definition) is 18. The first kappa shape index (κ1) is 59.0. The van der Waals surface area contributed by atoms with Crippen molar-refractivity contribution in [2.24, 2.45) is 29.6 Å². The van der Waals surface area contributed by atoms with Crippen molar-refractivity contribution in [3.8, 4) is 0 Å². The third-order valence-corrected chi connectivity index (χ3v) is 15.7. The van der Waals surface area contributed by atoms with E-state index in [1.807, 2.05) is 14.0 Å². The van der Waals surface area contributed by atoms with Crippen LogP contribution < -0.4 is 0 Å². The van der Waals surface area contributed by atoms with Crippen LogP contribution >= 0.6 is 0 Å². The average Bonchev–Trinajstić information content (AvgIpc) is 3.31. The molecule has 9 unspecified atom stereocenters. The van der Waals surface area contributed by atoms with Gasteiger partial charge in [-0.15, -0.1) is 0 Å². The zero-order valence-electron chi connectivity index (χ0n) is 44.5. The predicted molar refractivity (Wildman–Crippen MR) is 264 cm³/mol.